The van der Waals surface area contributed by atoms with Crippen molar-refractivity contribution in [2.45, 2.75) is 6.04 Å². The molecular weight excluding hydrogens is 300 g/mol. The average molecular weight is 321 g/mol. The van der Waals surface area contributed by atoms with Gasteiger partial charge >= 0.3 is 0 Å². The van der Waals surface area contributed by atoms with Gasteiger partial charge in [-0.15, -0.1) is 0 Å². The zero-order valence-electron chi connectivity index (χ0n) is 10.9. The van der Waals surface area contributed by atoms with Gasteiger partial charge in [-0.05, 0) is 28.1 Å². The number of furan rings is 1. The van der Waals surface area contributed by atoms with Crippen LogP contribution in [0.25, 0.3) is 0 Å². The van der Waals surface area contributed by atoms with E-state index in [9.17, 15) is 0 Å². The normalized spacial score (nSPS) is 13.2. The topological polar surface area (TPSA) is 60.9 Å². The third kappa shape index (κ3) is 4.70. The lowest BCUT2D eigenvalue weighted by Gasteiger charge is -2.29. The molecule has 0 spiro atoms. The summed E-state index contributed by atoms with van der Waals surface area (Å²) in [6.07, 6.45) is 0. The maximum absolute atomic E-state index is 5.86. The minimum atomic E-state index is 0.0431. The molecule has 0 aromatic carbocycles. The number of nitrogens with two attached hydrogens (primary N) is 1. The molecule has 1 aromatic rings. The van der Waals surface area contributed by atoms with Crippen LogP contribution < -0.4 is 5.73 Å². The smallest absolute Gasteiger partial charge is 0.169 e. The monoisotopic (exact) mass is 320 g/mol. The Bertz CT molecular complexity index is 325. The van der Waals surface area contributed by atoms with Crippen LogP contribution in [0.5, 0.6) is 0 Å². The van der Waals surface area contributed by atoms with Gasteiger partial charge in [-0.3, -0.25) is 4.90 Å². The summed E-state index contributed by atoms with van der Waals surface area (Å²) in [5.74, 6) is 0.858. The van der Waals surface area contributed by atoms with E-state index < -0.39 is 0 Å². The molecule has 0 radical (unpaired) electrons. The molecule has 0 saturated heterocycles. The second-order valence-corrected chi connectivity index (χ2v) is 4.70. The highest BCUT2D eigenvalue weighted by molar-refractivity contribution is 9.10. The molecule has 0 aliphatic rings. The van der Waals surface area contributed by atoms with Crippen LogP contribution in [0.2, 0.25) is 0 Å². The van der Waals surface area contributed by atoms with E-state index >= 15 is 0 Å². The predicted octanol–water partition coefficient (Wildman–Crippen LogP) is 1.64. The van der Waals surface area contributed by atoms with Crippen LogP contribution in [-0.2, 0) is 9.47 Å². The van der Waals surface area contributed by atoms with Crippen molar-refractivity contribution in [2.75, 3.05) is 47.1 Å². The molecule has 0 aliphatic carbocycles. The zero-order chi connectivity index (χ0) is 13.4. The lowest BCUT2D eigenvalue weighted by atomic mass is 10.2. The molecule has 1 aromatic heterocycles. The van der Waals surface area contributed by atoms with E-state index in [2.05, 4.69) is 20.8 Å². The molecule has 1 heterocycles. The van der Waals surface area contributed by atoms with Gasteiger partial charge < -0.3 is 19.6 Å². The fourth-order valence-electron chi connectivity index (χ4n) is 1.79. The van der Waals surface area contributed by atoms with Gasteiger partial charge in [0.1, 0.15) is 5.76 Å². The third-order valence-corrected chi connectivity index (χ3v) is 3.18. The van der Waals surface area contributed by atoms with Crippen LogP contribution in [-0.4, -0.2) is 52.0 Å². The Kier molecular flexibility index (Phi) is 7.53. The minimum Gasteiger partial charge on any atom is -0.453 e. The highest BCUT2D eigenvalue weighted by Gasteiger charge is 2.21. The van der Waals surface area contributed by atoms with Gasteiger partial charge in [0.2, 0.25) is 0 Å². The Hall–Kier alpha value is -0.400. The first-order chi connectivity index (χ1) is 8.72. The molecule has 0 saturated carbocycles. The molecule has 2 N–H and O–H groups in total. The number of hydrogen-bond donors (Lipinski definition) is 1. The molecule has 6 heteroatoms. The molecule has 5 nitrogen and oxygen atoms in total. The first-order valence-corrected chi connectivity index (χ1v) is 6.69. The van der Waals surface area contributed by atoms with E-state index in [0.717, 1.165) is 23.5 Å². The fraction of sp³-hybridized carbons (Fsp3) is 0.667. The lowest BCUT2D eigenvalue weighted by Crippen LogP contribution is -2.38. The number of nitrogens with zero attached hydrogens (tertiary/aromatic N) is 1. The SMILES string of the molecule is COCCN(CCOC)C(CN)c1ccc(Br)o1. The summed E-state index contributed by atoms with van der Waals surface area (Å²) in [5.41, 5.74) is 5.86. The molecule has 0 amide bonds. The van der Waals surface area contributed by atoms with Crippen molar-refractivity contribution in [3.63, 3.8) is 0 Å². The molecule has 1 unspecified atom stereocenters. The molecule has 0 bridgehead atoms. The van der Waals surface area contributed by atoms with Crippen LogP contribution >= 0.6 is 15.9 Å². The van der Waals surface area contributed by atoms with Crippen LogP contribution in [0.4, 0.5) is 0 Å². The second kappa shape index (κ2) is 8.66. The van der Waals surface area contributed by atoms with Gasteiger partial charge in [0.25, 0.3) is 0 Å². The van der Waals surface area contributed by atoms with E-state index in [-0.39, 0.29) is 6.04 Å². The van der Waals surface area contributed by atoms with E-state index in [4.69, 9.17) is 19.6 Å². The van der Waals surface area contributed by atoms with E-state index in [0.29, 0.717) is 19.8 Å². The van der Waals surface area contributed by atoms with Crippen molar-refractivity contribution < 1.29 is 13.9 Å². The van der Waals surface area contributed by atoms with Gasteiger partial charge in [0.15, 0.2) is 4.67 Å². The van der Waals surface area contributed by atoms with Crippen molar-refractivity contribution in [2.24, 2.45) is 5.73 Å². The highest BCUT2D eigenvalue weighted by atomic mass is 79.9. The standard InChI is InChI=1S/C12H21BrN2O3/c1-16-7-5-15(6-8-17-2)10(9-14)11-3-4-12(13)18-11/h3-4,10H,5-9,14H2,1-2H3. The molecule has 0 aliphatic heterocycles. The van der Waals surface area contributed by atoms with Crippen molar-refractivity contribution in [3.8, 4) is 0 Å². The van der Waals surface area contributed by atoms with E-state index in [1.54, 1.807) is 14.2 Å². The van der Waals surface area contributed by atoms with Gasteiger partial charge in [-0.25, -0.2) is 0 Å². The van der Waals surface area contributed by atoms with Crippen molar-refractivity contribution in [3.05, 3.63) is 22.6 Å². The van der Waals surface area contributed by atoms with Gasteiger partial charge in [-0.2, -0.15) is 0 Å². The molecule has 18 heavy (non-hydrogen) atoms. The van der Waals surface area contributed by atoms with Crippen LogP contribution in [0.1, 0.15) is 11.8 Å². The van der Waals surface area contributed by atoms with E-state index in [1.807, 2.05) is 12.1 Å². The second-order valence-electron chi connectivity index (χ2n) is 3.91. The summed E-state index contributed by atoms with van der Waals surface area (Å²) >= 11 is 3.31. The minimum absolute atomic E-state index is 0.0431. The summed E-state index contributed by atoms with van der Waals surface area (Å²) in [5, 5.41) is 0. The Morgan fingerprint density at radius 2 is 1.89 bits per heavy atom. The van der Waals surface area contributed by atoms with Crippen LogP contribution in [0, 0.1) is 0 Å². The maximum Gasteiger partial charge on any atom is 0.169 e. The quantitative estimate of drug-likeness (QED) is 0.749. The van der Waals surface area contributed by atoms with Gasteiger partial charge in [-0.1, -0.05) is 0 Å². The average Bonchev–Trinajstić information content (AvgIpc) is 2.79. The molecule has 0 fully saturated rings. The Morgan fingerprint density at radius 3 is 2.28 bits per heavy atom. The summed E-state index contributed by atoms with van der Waals surface area (Å²) < 4.78 is 16.6. The lowest BCUT2D eigenvalue weighted by molar-refractivity contribution is 0.0820. The summed E-state index contributed by atoms with van der Waals surface area (Å²) in [4.78, 5) is 2.21. The highest BCUT2D eigenvalue weighted by Crippen LogP contribution is 2.24. The first kappa shape index (κ1) is 15.7. The maximum atomic E-state index is 5.86. The molecule has 1 rings (SSSR count). The molecule has 104 valence electrons. The molecular formula is C12H21BrN2O3. The molecule has 1 atom stereocenters. The Labute approximate surface area is 116 Å². The first-order valence-electron chi connectivity index (χ1n) is 5.90. The Balaban J connectivity index is 2.71. The zero-order valence-corrected chi connectivity index (χ0v) is 12.5. The third-order valence-electron chi connectivity index (χ3n) is 2.75. The Morgan fingerprint density at radius 1 is 1.28 bits per heavy atom. The number of halogens is 1. The van der Waals surface area contributed by atoms with Crippen molar-refractivity contribution in [1.29, 1.82) is 0 Å². The van der Waals surface area contributed by atoms with Crippen LogP contribution in [0.15, 0.2) is 21.2 Å². The predicted molar refractivity (Wildman–Crippen MR) is 73.5 cm³/mol. The van der Waals surface area contributed by atoms with Gasteiger partial charge in [0.05, 0.1) is 19.3 Å². The van der Waals surface area contributed by atoms with Crippen molar-refractivity contribution in [1.82, 2.24) is 4.90 Å². The largest absolute Gasteiger partial charge is 0.453 e. The number of methoxy groups -OCH3 is 2. The summed E-state index contributed by atoms with van der Waals surface area (Å²) in [6.45, 7) is 3.39. The summed E-state index contributed by atoms with van der Waals surface area (Å²) in [6, 6.07) is 3.86. The number of hydrogen-bond acceptors (Lipinski definition) is 5. The van der Waals surface area contributed by atoms with Crippen LogP contribution in [0.3, 0.4) is 0 Å². The fourth-order valence-corrected chi connectivity index (χ4v) is 2.11. The van der Waals surface area contributed by atoms with Gasteiger partial charge in [0, 0.05) is 33.9 Å². The number of rotatable bonds is 9. The number of ether oxygens (including phenoxy) is 2. The van der Waals surface area contributed by atoms with Crippen molar-refractivity contribution >= 4 is 15.9 Å². The van der Waals surface area contributed by atoms with E-state index in [1.165, 1.54) is 0 Å². The summed E-state index contributed by atoms with van der Waals surface area (Å²) in [7, 11) is 3.38.